The van der Waals surface area contributed by atoms with Gasteiger partial charge in [0.1, 0.15) is 11.4 Å². The molecule has 1 aliphatic heterocycles. The first-order chi connectivity index (χ1) is 13.0. The normalized spacial score (nSPS) is 20.1. The Morgan fingerprint density at radius 2 is 1.89 bits per heavy atom. The molecule has 4 rings (SSSR count). The summed E-state index contributed by atoms with van der Waals surface area (Å²) in [5, 5.41) is 0.578. The number of aromatic nitrogens is 2. The largest absolute Gasteiger partial charge is 0.336 e. The maximum atomic E-state index is 12.9. The van der Waals surface area contributed by atoms with Gasteiger partial charge in [0.05, 0.1) is 11.7 Å². The molecule has 27 heavy (non-hydrogen) atoms. The van der Waals surface area contributed by atoms with Gasteiger partial charge in [-0.2, -0.15) is 0 Å². The summed E-state index contributed by atoms with van der Waals surface area (Å²) in [7, 11) is 0. The lowest BCUT2D eigenvalue weighted by Gasteiger charge is -2.39. The van der Waals surface area contributed by atoms with Crippen LogP contribution in [0.3, 0.4) is 0 Å². The van der Waals surface area contributed by atoms with Crippen LogP contribution in [0.5, 0.6) is 0 Å². The maximum Gasteiger partial charge on any atom is 0.262 e. The molecule has 0 radical (unpaired) electrons. The second kappa shape index (κ2) is 7.27. The van der Waals surface area contributed by atoms with Crippen molar-refractivity contribution in [1.82, 2.24) is 14.5 Å². The van der Waals surface area contributed by atoms with Crippen molar-refractivity contribution in [2.24, 2.45) is 0 Å². The molecule has 0 unspecified atom stereocenters. The zero-order valence-corrected chi connectivity index (χ0v) is 16.4. The standard InChI is InChI=1S/C21H23N3O2S/c1-14-7-6-8-15(2)24(14)19(25)12-23-13-22-20-17(21(23)26)11-18(27-20)16-9-4-3-5-10-16/h3-5,9-11,13-15H,6-8,12H2,1-2H3/t14-,15+. The van der Waals surface area contributed by atoms with Gasteiger partial charge < -0.3 is 4.90 Å². The van der Waals surface area contributed by atoms with Gasteiger partial charge >= 0.3 is 0 Å². The Labute approximate surface area is 162 Å². The van der Waals surface area contributed by atoms with Gasteiger partial charge in [-0.05, 0) is 44.7 Å². The van der Waals surface area contributed by atoms with Gasteiger partial charge in [-0.1, -0.05) is 30.3 Å². The van der Waals surface area contributed by atoms with E-state index in [1.54, 1.807) is 0 Å². The molecule has 0 bridgehead atoms. The van der Waals surface area contributed by atoms with Crippen molar-refractivity contribution in [1.29, 1.82) is 0 Å². The van der Waals surface area contributed by atoms with Crippen LogP contribution in [-0.4, -0.2) is 32.4 Å². The van der Waals surface area contributed by atoms with Crippen LogP contribution in [0.25, 0.3) is 20.7 Å². The highest BCUT2D eigenvalue weighted by Crippen LogP contribution is 2.30. The first-order valence-electron chi connectivity index (χ1n) is 9.40. The van der Waals surface area contributed by atoms with Crippen molar-refractivity contribution in [3.63, 3.8) is 0 Å². The van der Waals surface area contributed by atoms with E-state index >= 15 is 0 Å². The zero-order chi connectivity index (χ0) is 19.0. The Hall–Kier alpha value is -2.47. The fraction of sp³-hybridized carbons (Fsp3) is 0.381. The molecule has 1 aliphatic rings. The number of fused-ring (bicyclic) bond motifs is 1. The summed E-state index contributed by atoms with van der Waals surface area (Å²) in [5.41, 5.74) is 0.919. The highest BCUT2D eigenvalue weighted by Gasteiger charge is 2.29. The van der Waals surface area contributed by atoms with Crippen molar-refractivity contribution >= 4 is 27.5 Å². The van der Waals surface area contributed by atoms with Crippen LogP contribution in [0.4, 0.5) is 0 Å². The minimum absolute atomic E-state index is 0.00328. The predicted molar refractivity (Wildman–Crippen MR) is 109 cm³/mol. The van der Waals surface area contributed by atoms with Gasteiger partial charge in [0.25, 0.3) is 5.56 Å². The molecule has 0 saturated carbocycles. The minimum Gasteiger partial charge on any atom is -0.336 e. The molecule has 6 heteroatoms. The van der Waals surface area contributed by atoms with Crippen molar-refractivity contribution in [3.05, 3.63) is 53.1 Å². The monoisotopic (exact) mass is 381 g/mol. The summed E-state index contributed by atoms with van der Waals surface area (Å²) in [6, 6.07) is 12.3. The number of hydrogen-bond acceptors (Lipinski definition) is 4. The first kappa shape index (κ1) is 17.9. The lowest BCUT2D eigenvalue weighted by Crippen LogP contribution is -2.49. The van der Waals surface area contributed by atoms with E-state index in [9.17, 15) is 9.59 Å². The number of hydrogen-bond donors (Lipinski definition) is 0. The predicted octanol–water partition coefficient (Wildman–Crippen LogP) is 3.91. The molecule has 1 amide bonds. The Morgan fingerprint density at radius 3 is 2.59 bits per heavy atom. The molecule has 0 aliphatic carbocycles. The van der Waals surface area contributed by atoms with Crippen LogP contribution < -0.4 is 5.56 Å². The van der Waals surface area contributed by atoms with Gasteiger partial charge in [-0.25, -0.2) is 4.98 Å². The van der Waals surface area contributed by atoms with E-state index in [2.05, 4.69) is 18.8 Å². The summed E-state index contributed by atoms with van der Waals surface area (Å²) in [6.07, 6.45) is 4.70. The van der Waals surface area contributed by atoms with E-state index in [0.717, 1.165) is 29.7 Å². The summed E-state index contributed by atoms with van der Waals surface area (Å²) in [4.78, 5) is 33.8. The lowest BCUT2D eigenvalue weighted by atomic mass is 9.97. The van der Waals surface area contributed by atoms with E-state index in [0.29, 0.717) is 10.2 Å². The number of benzene rings is 1. The highest BCUT2D eigenvalue weighted by atomic mass is 32.1. The van der Waals surface area contributed by atoms with Crippen LogP contribution in [0, 0.1) is 0 Å². The average molecular weight is 382 g/mol. The molecule has 0 spiro atoms. The van der Waals surface area contributed by atoms with Crippen molar-refractivity contribution < 1.29 is 4.79 Å². The summed E-state index contributed by atoms with van der Waals surface area (Å²) in [5.74, 6) is -0.00328. The number of rotatable bonds is 3. The smallest absolute Gasteiger partial charge is 0.262 e. The first-order valence-corrected chi connectivity index (χ1v) is 10.2. The number of carbonyl (C=O) groups excluding carboxylic acids is 1. The van der Waals surface area contributed by atoms with Crippen LogP contribution >= 0.6 is 11.3 Å². The summed E-state index contributed by atoms with van der Waals surface area (Å²) < 4.78 is 1.44. The third-order valence-electron chi connectivity index (χ3n) is 5.36. The summed E-state index contributed by atoms with van der Waals surface area (Å²) in [6.45, 7) is 4.22. The van der Waals surface area contributed by atoms with E-state index < -0.39 is 0 Å². The average Bonchev–Trinajstić information content (AvgIpc) is 3.10. The molecule has 2 atom stereocenters. The number of piperidine rings is 1. The number of carbonyl (C=O) groups is 1. The Kier molecular flexibility index (Phi) is 4.83. The number of amides is 1. The molecule has 3 heterocycles. The van der Waals surface area contributed by atoms with E-state index in [1.807, 2.05) is 41.3 Å². The van der Waals surface area contributed by atoms with E-state index in [4.69, 9.17) is 0 Å². The quantitative estimate of drug-likeness (QED) is 0.691. The van der Waals surface area contributed by atoms with E-state index in [-0.39, 0.29) is 30.1 Å². The Morgan fingerprint density at radius 1 is 1.19 bits per heavy atom. The van der Waals surface area contributed by atoms with Crippen LogP contribution in [-0.2, 0) is 11.3 Å². The molecule has 0 N–H and O–H groups in total. The van der Waals surface area contributed by atoms with E-state index in [1.165, 1.54) is 22.2 Å². The number of nitrogens with zero attached hydrogens (tertiary/aromatic N) is 3. The molecule has 1 saturated heterocycles. The number of likely N-dealkylation sites (tertiary alicyclic amines) is 1. The van der Waals surface area contributed by atoms with Crippen molar-refractivity contribution in [3.8, 4) is 10.4 Å². The van der Waals surface area contributed by atoms with Gasteiger partial charge in [-0.15, -0.1) is 11.3 Å². The molecule has 1 fully saturated rings. The van der Waals surface area contributed by atoms with Crippen molar-refractivity contribution in [2.75, 3.05) is 0 Å². The minimum atomic E-state index is -0.149. The summed E-state index contributed by atoms with van der Waals surface area (Å²) >= 11 is 1.50. The second-order valence-corrected chi connectivity index (χ2v) is 8.33. The van der Waals surface area contributed by atoms with Crippen LogP contribution in [0.2, 0.25) is 0 Å². The van der Waals surface area contributed by atoms with Crippen molar-refractivity contribution in [2.45, 2.75) is 51.7 Å². The number of thiophene rings is 1. The highest BCUT2D eigenvalue weighted by molar-refractivity contribution is 7.21. The molecule has 140 valence electrons. The Bertz CT molecular complexity index is 1010. The Balaban J connectivity index is 1.64. The maximum absolute atomic E-state index is 12.9. The fourth-order valence-electron chi connectivity index (χ4n) is 3.96. The third-order valence-corrected chi connectivity index (χ3v) is 6.46. The zero-order valence-electron chi connectivity index (χ0n) is 15.6. The van der Waals surface area contributed by atoms with Gasteiger partial charge in [0.15, 0.2) is 0 Å². The molecule has 5 nitrogen and oxygen atoms in total. The third kappa shape index (κ3) is 3.41. The van der Waals surface area contributed by atoms with Crippen LogP contribution in [0.1, 0.15) is 33.1 Å². The van der Waals surface area contributed by atoms with Crippen LogP contribution in [0.15, 0.2) is 47.5 Å². The molecule has 2 aromatic heterocycles. The van der Waals surface area contributed by atoms with Gasteiger partial charge in [0.2, 0.25) is 5.91 Å². The topological polar surface area (TPSA) is 55.2 Å². The molecule has 1 aromatic carbocycles. The fourth-order valence-corrected chi connectivity index (χ4v) is 4.95. The lowest BCUT2D eigenvalue weighted by molar-refractivity contribution is -0.138. The second-order valence-electron chi connectivity index (χ2n) is 7.30. The molecular formula is C21H23N3O2S. The molecular weight excluding hydrogens is 358 g/mol. The van der Waals surface area contributed by atoms with Gasteiger partial charge in [0, 0.05) is 17.0 Å². The SMILES string of the molecule is C[C@@H]1CCC[C@H](C)N1C(=O)Cn1cnc2sc(-c3ccccc3)cc2c1=O. The molecule has 3 aromatic rings. The van der Waals surface area contributed by atoms with Gasteiger partial charge in [-0.3, -0.25) is 14.2 Å².